The predicted molar refractivity (Wildman–Crippen MR) is 90.0 cm³/mol. The molecule has 0 spiro atoms. The van der Waals surface area contributed by atoms with Crippen molar-refractivity contribution in [3.8, 4) is 0 Å². The maximum Gasteiger partial charge on any atom is 0.0494 e. The molecule has 0 saturated heterocycles. The van der Waals surface area contributed by atoms with Crippen molar-refractivity contribution < 1.29 is 0 Å². The van der Waals surface area contributed by atoms with E-state index in [2.05, 4.69) is 83.4 Å². The Morgan fingerprint density at radius 1 is 0.571 bits per heavy atom. The topological polar surface area (TPSA) is 39.9 Å². The fourth-order valence-corrected chi connectivity index (χ4v) is 2.94. The molecule has 104 valence electrons. The fourth-order valence-electron chi connectivity index (χ4n) is 2.94. The Morgan fingerprint density at radius 3 is 1.62 bits per heavy atom. The maximum absolute atomic E-state index is 2.40. The number of rotatable bonds is 2. The molecule has 0 amide bonds. The van der Waals surface area contributed by atoms with E-state index in [9.17, 15) is 0 Å². The van der Waals surface area contributed by atoms with Crippen LogP contribution in [0.1, 0.15) is 5.56 Å². The second-order valence-electron chi connectivity index (χ2n) is 5.11. The zero-order valence-electron chi connectivity index (χ0n) is 11.9. The molecule has 0 aliphatic heterocycles. The largest absolute Gasteiger partial charge is 0.344 e. The first-order valence-electron chi connectivity index (χ1n) is 6.93. The van der Waals surface area contributed by atoms with Gasteiger partial charge in [-0.25, -0.2) is 0 Å². The van der Waals surface area contributed by atoms with Gasteiger partial charge in [0.05, 0.1) is 0 Å². The van der Waals surface area contributed by atoms with Crippen molar-refractivity contribution in [1.82, 2.24) is 10.7 Å². The summed E-state index contributed by atoms with van der Waals surface area (Å²) in [4.78, 5) is 0. The van der Waals surface area contributed by atoms with E-state index < -0.39 is 0 Å². The molecule has 0 fully saturated rings. The van der Waals surface area contributed by atoms with Gasteiger partial charge in [0, 0.05) is 28.4 Å². The second-order valence-corrected chi connectivity index (χ2v) is 5.11. The summed E-state index contributed by atoms with van der Waals surface area (Å²) in [6.07, 6.45) is 0. The predicted octanol–water partition coefficient (Wildman–Crippen LogP) is 5.00. The summed E-state index contributed by atoms with van der Waals surface area (Å²) in [6.45, 7) is 0.912. The molecule has 0 aliphatic rings. The van der Waals surface area contributed by atoms with Gasteiger partial charge in [-0.3, -0.25) is 0 Å². The standard InChI is InChI=1S/C19H15N.H3N/c1-2-8-15(9-3-1)14-20-18-12-6-4-10-16(18)17-11-5-7-13-19(17)20;/h1-13H,14H2;1H3. The summed E-state index contributed by atoms with van der Waals surface area (Å²) < 4.78 is 2.40. The summed E-state index contributed by atoms with van der Waals surface area (Å²) in [5.74, 6) is 0. The molecule has 1 aromatic heterocycles. The molecule has 0 aliphatic carbocycles. The van der Waals surface area contributed by atoms with Gasteiger partial charge in [-0.15, -0.1) is 0 Å². The van der Waals surface area contributed by atoms with Gasteiger partial charge >= 0.3 is 0 Å². The third-order valence-corrected chi connectivity index (χ3v) is 3.86. The highest BCUT2D eigenvalue weighted by atomic mass is 15.0. The normalized spacial score (nSPS) is 10.7. The molecule has 2 heteroatoms. The first kappa shape index (κ1) is 13.4. The molecule has 3 N–H and O–H groups in total. The number of nitrogens with zero attached hydrogens (tertiary/aromatic N) is 1. The van der Waals surface area contributed by atoms with Crippen LogP contribution in [0.2, 0.25) is 0 Å². The van der Waals surface area contributed by atoms with Crippen LogP contribution in [-0.2, 0) is 6.54 Å². The molecule has 0 radical (unpaired) electrons. The minimum Gasteiger partial charge on any atom is -0.344 e. The molecule has 1 heterocycles. The highest BCUT2D eigenvalue weighted by molar-refractivity contribution is 6.08. The van der Waals surface area contributed by atoms with Gasteiger partial charge < -0.3 is 10.7 Å². The van der Waals surface area contributed by atoms with Gasteiger partial charge in [0.25, 0.3) is 0 Å². The van der Waals surface area contributed by atoms with Crippen molar-refractivity contribution >= 4 is 21.8 Å². The number of hydrogen-bond donors (Lipinski definition) is 1. The Hall–Kier alpha value is -2.58. The fraction of sp³-hybridized carbons (Fsp3) is 0.0526. The number of hydrogen-bond acceptors (Lipinski definition) is 1. The Balaban J connectivity index is 0.00000132. The molecular formula is C19H18N2. The number of benzene rings is 3. The monoisotopic (exact) mass is 274 g/mol. The van der Waals surface area contributed by atoms with Gasteiger partial charge in [-0.1, -0.05) is 66.7 Å². The maximum atomic E-state index is 2.40. The van der Waals surface area contributed by atoms with Crippen LogP contribution in [0.4, 0.5) is 0 Å². The van der Waals surface area contributed by atoms with Crippen LogP contribution in [0, 0.1) is 0 Å². The van der Waals surface area contributed by atoms with Gasteiger partial charge in [0.15, 0.2) is 0 Å². The zero-order valence-corrected chi connectivity index (χ0v) is 11.9. The Labute approximate surface area is 124 Å². The highest BCUT2D eigenvalue weighted by Crippen LogP contribution is 2.29. The van der Waals surface area contributed by atoms with E-state index in [1.165, 1.54) is 27.4 Å². The van der Waals surface area contributed by atoms with Crippen LogP contribution >= 0.6 is 0 Å². The van der Waals surface area contributed by atoms with Crippen molar-refractivity contribution in [3.05, 3.63) is 84.4 Å². The minimum absolute atomic E-state index is 0. The molecule has 0 atom stereocenters. The molecule has 21 heavy (non-hydrogen) atoms. The molecular weight excluding hydrogens is 256 g/mol. The van der Waals surface area contributed by atoms with Gasteiger partial charge in [-0.2, -0.15) is 0 Å². The summed E-state index contributed by atoms with van der Waals surface area (Å²) in [5, 5.41) is 2.66. The van der Waals surface area contributed by atoms with Crippen LogP contribution in [0.3, 0.4) is 0 Å². The minimum atomic E-state index is 0. The van der Waals surface area contributed by atoms with E-state index in [4.69, 9.17) is 0 Å². The van der Waals surface area contributed by atoms with Crippen molar-refractivity contribution in [2.45, 2.75) is 6.54 Å². The van der Waals surface area contributed by atoms with E-state index in [1.54, 1.807) is 0 Å². The third kappa shape index (κ3) is 2.20. The molecule has 0 bridgehead atoms. The van der Waals surface area contributed by atoms with Crippen LogP contribution in [0.15, 0.2) is 78.9 Å². The number of aromatic nitrogens is 1. The van der Waals surface area contributed by atoms with Crippen molar-refractivity contribution in [2.24, 2.45) is 0 Å². The lowest BCUT2D eigenvalue weighted by molar-refractivity contribution is 0.869. The molecule has 3 aromatic carbocycles. The molecule has 4 aromatic rings. The van der Waals surface area contributed by atoms with E-state index in [1.807, 2.05) is 0 Å². The lowest BCUT2D eigenvalue weighted by atomic mass is 10.2. The summed E-state index contributed by atoms with van der Waals surface area (Å²) >= 11 is 0. The Kier molecular flexibility index (Phi) is 3.46. The number of fused-ring (bicyclic) bond motifs is 3. The van der Waals surface area contributed by atoms with E-state index in [0.29, 0.717) is 0 Å². The highest BCUT2D eigenvalue weighted by Gasteiger charge is 2.09. The third-order valence-electron chi connectivity index (χ3n) is 3.86. The van der Waals surface area contributed by atoms with Gasteiger partial charge in [-0.05, 0) is 17.7 Å². The van der Waals surface area contributed by atoms with Crippen molar-refractivity contribution in [1.29, 1.82) is 0 Å². The van der Waals surface area contributed by atoms with Crippen molar-refractivity contribution in [3.63, 3.8) is 0 Å². The van der Waals surface area contributed by atoms with E-state index >= 15 is 0 Å². The summed E-state index contributed by atoms with van der Waals surface area (Å²) in [5.41, 5.74) is 3.94. The SMILES string of the molecule is N.c1ccc(Cn2c3ccccc3c3ccccc32)cc1. The quantitative estimate of drug-likeness (QED) is 0.548. The molecule has 2 nitrogen and oxygen atoms in total. The summed E-state index contributed by atoms with van der Waals surface area (Å²) in [6, 6.07) is 27.9. The Bertz CT molecular complexity index is 823. The average Bonchev–Trinajstić information content (AvgIpc) is 2.84. The lowest BCUT2D eigenvalue weighted by Gasteiger charge is -2.07. The first-order chi connectivity index (χ1) is 9.93. The summed E-state index contributed by atoms with van der Waals surface area (Å²) in [7, 11) is 0. The van der Waals surface area contributed by atoms with Gasteiger partial charge in [0.1, 0.15) is 0 Å². The number of para-hydroxylation sites is 2. The van der Waals surface area contributed by atoms with Crippen LogP contribution < -0.4 is 6.15 Å². The van der Waals surface area contributed by atoms with Crippen LogP contribution in [-0.4, -0.2) is 4.57 Å². The average molecular weight is 274 g/mol. The Morgan fingerprint density at radius 2 is 1.05 bits per heavy atom. The van der Waals surface area contributed by atoms with E-state index in [0.717, 1.165) is 6.54 Å². The van der Waals surface area contributed by atoms with Gasteiger partial charge in [0.2, 0.25) is 0 Å². The van der Waals surface area contributed by atoms with Crippen LogP contribution in [0.25, 0.3) is 21.8 Å². The first-order valence-corrected chi connectivity index (χ1v) is 6.93. The smallest absolute Gasteiger partial charge is 0.0494 e. The zero-order chi connectivity index (χ0) is 13.4. The second kappa shape index (κ2) is 5.43. The lowest BCUT2D eigenvalue weighted by Crippen LogP contribution is -1.98. The van der Waals surface area contributed by atoms with E-state index in [-0.39, 0.29) is 6.15 Å². The van der Waals surface area contributed by atoms with Crippen molar-refractivity contribution in [2.75, 3.05) is 0 Å². The van der Waals surface area contributed by atoms with Crippen LogP contribution in [0.5, 0.6) is 0 Å². The molecule has 0 saturated carbocycles. The molecule has 4 rings (SSSR count). The molecule has 0 unspecified atom stereocenters.